The maximum absolute atomic E-state index is 6.49. The summed E-state index contributed by atoms with van der Waals surface area (Å²) >= 11 is 0. The third-order valence-corrected chi connectivity index (χ3v) is 12.8. The molecule has 36 heavy (non-hydrogen) atoms. The van der Waals surface area contributed by atoms with Crippen LogP contribution in [0.5, 0.6) is 0 Å². The molecule has 2 heteroatoms. The lowest BCUT2D eigenvalue weighted by atomic mass is 9.47. The maximum Gasteiger partial charge on any atom is 0.157 e. The minimum absolute atomic E-state index is 0.0611. The summed E-state index contributed by atoms with van der Waals surface area (Å²) in [7, 11) is 0. The lowest BCUT2D eigenvalue weighted by Gasteiger charge is -2.58. The molecule has 0 unspecified atom stereocenters. The molecular formula is C34H58O2. The number of ether oxygens (including phenoxy) is 2. The van der Waals surface area contributed by atoms with Gasteiger partial charge in [-0.1, -0.05) is 66.0 Å². The lowest BCUT2D eigenvalue weighted by Crippen LogP contribution is -2.51. The average molecular weight is 499 g/mol. The van der Waals surface area contributed by atoms with Crippen molar-refractivity contribution in [2.75, 3.05) is 6.61 Å². The summed E-state index contributed by atoms with van der Waals surface area (Å²) in [6, 6.07) is 0. The molecule has 206 valence electrons. The molecule has 4 aliphatic carbocycles. The first-order valence-electron chi connectivity index (χ1n) is 16.2. The first-order chi connectivity index (χ1) is 17.3. The summed E-state index contributed by atoms with van der Waals surface area (Å²) in [5, 5.41) is 0. The number of allylic oxidation sites excluding steroid dienone is 1. The van der Waals surface area contributed by atoms with Crippen molar-refractivity contribution in [3.63, 3.8) is 0 Å². The molecule has 0 bridgehead atoms. The molecule has 0 radical (unpaired) electrons. The summed E-state index contributed by atoms with van der Waals surface area (Å²) in [6.45, 7) is 16.2. The van der Waals surface area contributed by atoms with Crippen LogP contribution in [0.4, 0.5) is 0 Å². The second kappa shape index (κ2) is 11.0. The van der Waals surface area contributed by atoms with Gasteiger partial charge in [0.1, 0.15) is 0 Å². The van der Waals surface area contributed by atoms with E-state index in [-0.39, 0.29) is 6.29 Å². The summed E-state index contributed by atoms with van der Waals surface area (Å²) in [5.74, 6) is 6.38. The Hall–Kier alpha value is -0.340. The zero-order valence-corrected chi connectivity index (χ0v) is 24.7. The molecule has 10 atom stereocenters. The van der Waals surface area contributed by atoms with Gasteiger partial charge >= 0.3 is 0 Å². The van der Waals surface area contributed by atoms with Gasteiger partial charge < -0.3 is 9.47 Å². The van der Waals surface area contributed by atoms with Crippen molar-refractivity contribution in [2.45, 2.75) is 144 Å². The van der Waals surface area contributed by atoms with E-state index in [4.69, 9.17) is 9.47 Å². The van der Waals surface area contributed by atoms with E-state index in [9.17, 15) is 0 Å². The Balaban J connectivity index is 1.24. The van der Waals surface area contributed by atoms with Crippen molar-refractivity contribution >= 4 is 0 Å². The standard InChI is InChI=1S/C34H58O2/c1-7-25(23(2)3)12-11-24(4)29-15-16-30-28-14-13-26-22-27(36-32-10-8-9-21-35-32)17-19-33(26,5)31(28)18-20-34(29,30)6/h13,23-25,27-32H,7-12,14-22H2,1-6H3/t24-,25+,27-,28+,29-,30+,31+,32-,33-,34+/m0/s1. The van der Waals surface area contributed by atoms with Crippen LogP contribution in [0, 0.1) is 52.3 Å². The van der Waals surface area contributed by atoms with Crippen LogP contribution < -0.4 is 0 Å². The van der Waals surface area contributed by atoms with Crippen molar-refractivity contribution < 1.29 is 9.47 Å². The fourth-order valence-electron chi connectivity index (χ4n) is 10.4. The van der Waals surface area contributed by atoms with Gasteiger partial charge in [0.15, 0.2) is 6.29 Å². The minimum Gasteiger partial charge on any atom is -0.353 e. The third-order valence-electron chi connectivity index (χ3n) is 12.8. The van der Waals surface area contributed by atoms with Crippen LogP contribution in [0.15, 0.2) is 11.6 Å². The van der Waals surface area contributed by atoms with Gasteiger partial charge in [0.25, 0.3) is 0 Å². The molecule has 0 N–H and O–H groups in total. The highest BCUT2D eigenvalue weighted by atomic mass is 16.7. The van der Waals surface area contributed by atoms with Crippen molar-refractivity contribution in [3.05, 3.63) is 11.6 Å². The molecule has 1 heterocycles. The zero-order valence-electron chi connectivity index (χ0n) is 24.7. The maximum atomic E-state index is 6.49. The predicted molar refractivity (Wildman–Crippen MR) is 151 cm³/mol. The van der Waals surface area contributed by atoms with Gasteiger partial charge in [-0.3, -0.25) is 0 Å². The first-order valence-corrected chi connectivity index (χ1v) is 16.2. The summed E-state index contributed by atoms with van der Waals surface area (Å²) in [6.07, 6.45) is 22.0. The van der Waals surface area contributed by atoms with Crippen molar-refractivity contribution in [1.29, 1.82) is 0 Å². The largest absolute Gasteiger partial charge is 0.353 e. The number of rotatable bonds is 8. The molecule has 3 saturated carbocycles. The van der Waals surface area contributed by atoms with Crippen LogP contribution in [-0.2, 0) is 9.47 Å². The first kappa shape index (κ1) is 27.2. The lowest BCUT2D eigenvalue weighted by molar-refractivity contribution is -0.195. The fraction of sp³-hybridized carbons (Fsp3) is 0.941. The van der Waals surface area contributed by atoms with Crippen LogP contribution >= 0.6 is 0 Å². The normalized spacial score (nSPS) is 44.4. The van der Waals surface area contributed by atoms with E-state index in [0.717, 1.165) is 60.9 Å². The van der Waals surface area contributed by atoms with Crippen LogP contribution in [0.25, 0.3) is 0 Å². The van der Waals surface area contributed by atoms with Gasteiger partial charge in [-0.05, 0) is 129 Å². The molecular weight excluding hydrogens is 440 g/mol. The molecule has 5 aliphatic rings. The Kier molecular flexibility index (Phi) is 8.35. The van der Waals surface area contributed by atoms with Gasteiger partial charge in [-0.2, -0.15) is 0 Å². The highest BCUT2D eigenvalue weighted by Gasteiger charge is 2.59. The minimum atomic E-state index is 0.0611. The van der Waals surface area contributed by atoms with Crippen LogP contribution in [-0.4, -0.2) is 19.0 Å². The van der Waals surface area contributed by atoms with Crippen molar-refractivity contribution in [2.24, 2.45) is 52.3 Å². The quantitative estimate of drug-likeness (QED) is 0.310. The topological polar surface area (TPSA) is 18.5 Å². The van der Waals surface area contributed by atoms with Crippen molar-refractivity contribution in [1.82, 2.24) is 0 Å². The number of fused-ring (bicyclic) bond motifs is 5. The Morgan fingerprint density at radius 3 is 2.53 bits per heavy atom. The molecule has 5 rings (SSSR count). The van der Waals surface area contributed by atoms with Gasteiger partial charge in [0.2, 0.25) is 0 Å². The number of hydrogen-bond acceptors (Lipinski definition) is 2. The van der Waals surface area contributed by atoms with Crippen molar-refractivity contribution in [3.8, 4) is 0 Å². The van der Waals surface area contributed by atoms with Gasteiger partial charge in [0.05, 0.1) is 6.10 Å². The van der Waals surface area contributed by atoms with E-state index >= 15 is 0 Å². The third kappa shape index (κ3) is 5.01. The molecule has 4 fully saturated rings. The molecule has 0 aromatic rings. The van der Waals surface area contributed by atoms with E-state index in [1.54, 1.807) is 5.57 Å². The van der Waals surface area contributed by atoms with Crippen LogP contribution in [0.2, 0.25) is 0 Å². The second-order valence-corrected chi connectivity index (χ2v) is 14.8. The van der Waals surface area contributed by atoms with Gasteiger partial charge in [-0.25, -0.2) is 0 Å². The molecule has 1 saturated heterocycles. The SMILES string of the molecule is CC[C@H](CC[C@H](C)[C@@H]1CC[C@@H]2[C@H]3CC=C4C[C@@H](O[C@H]5CCCCO5)CC[C@]4(C)[C@@H]3CC[C@@]21C)C(C)C. The smallest absolute Gasteiger partial charge is 0.157 e. The van der Waals surface area contributed by atoms with E-state index < -0.39 is 0 Å². The molecule has 1 aliphatic heterocycles. The van der Waals surface area contributed by atoms with E-state index in [0.29, 0.717) is 16.9 Å². The summed E-state index contributed by atoms with van der Waals surface area (Å²) < 4.78 is 12.4. The summed E-state index contributed by atoms with van der Waals surface area (Å²) in [4.78, 5) is 0. The van der Waals surface area contributed by atoms with E-state index in [1.807, 2.05) is 0 Å². The fourth-order valence-corrected chi connectivity index (χ4v) is 10.4. The van der Waals surface area contributed by atoms with E-state index in [2.05, 4.69) is 47.6 Å². The molecule has 2 nitrogen and oxygen atoms in total. The average Bonchev–Trinajstić information content (AvgIpc) is 3.22. The Morgan fingerprint density at radius 2 is 1.81 bits per heavy atom. The van der Waals surface area contributed by atoms with E-state index in [1.165, 1.54) is 77.0 Å². The molecule has 0 aromatic carbocycles. The Morgan fingerprint density at radius 1 is 0.972 bits per heavy atom. The molecule has 0 spiro atoms. The second-order valence-electron chi connectivity index (χ2n) is 14.8. The highest BCUT2D eigenvalue weighted by Crippen LogP contribution is 2.67. The number of hydrogen-bond donors (Lipinski definition) is 0. The highest BCUT2D eigenvalue weighted by molar-refractivity contribution is 5.25. The van der Waals surface area contributed by atoms with Crippen LogP contribution in [0.1, 0.15) is 131 Å². The zero-order chi connectivity index (χ0) is 25.5. The monoisotopic (exact) mass is 498 g/mol. The Labute approximate surface area is 223 Å². The summed E-state index contributed by atoms with van der Waals surface area (Å²) in [5.41, 5.74) is 2.76. The molecule has 0 aromatic heterocycles. The predicted octanol–water partition coefficient (Wildman–Crippen LogP) is 9.58. The van der Waals surface area contributed by atoms with Crippen LogP contribution in [0.3, 0.4) is 0 Å². The van der Waals surface area contributed by atoms with Gasteiger partial charge in [0, 0.05) is 6.61 Å². The molecule has 0 amide bonds. The van der Waals surface area contributed by atoms with Gasteiger partial charge in [-0.15, -0.1) is 0 Å². The Bertz CT molecular complexity index is 765.